The second-order valence-corrected chi connectivity index (χ2v) is 8.05. The van der Waals surface area contributed by atoms with E-state index in [1.54, 1.807) is 25.0 Å². The summed E-state index contributed by atoms with van der Waals surface area (Å²) < 4.78 is 2.03. The van der Waals surface area contributed by atoms with Crippen molar-refractivity contribution in [3.8, 4) is 5.69 Å². The number of carbonyl (C=O) groups excluding carboxylic acids is 1. The lowest BCUT2D eigenvalue weighted by molar-refractivity contribution is 0.101. The molecule has 27 heavy (non-hydrogen) atoms. The monoisotopic (exact) mass is 379 g/mol. The van der Waals surface area contributed by atoms with Crippen LogP contribution < -0.4 is 0 Å². The van der Waals surface area contributed by atoms with E-state index in [1.807, 2.05) is 18.4 Å². The number of ketones is 1. The largest absolute Gasteiger partial charge is 0.294 e. The molecule has 0 amide bonds. The highest BCUT2D eigenvalue weighted by Gasteiger charge is 2.16. The first-order chi connectivity index (χ1) is 12.8. The average molecular weight is 380 g/mol. The van der Waals surface area contributed by atoms with Crippen LogP contribution in [-0.4, -0.2) is 20.5 Å². The number of aromatic nitrogens is 3. The Hall–Kier alpha value is -2.40. The molecule has 0 radical (unpaired) electrons. The van der Waals surface area contributed by atoms with Gasteiger partial charge in [0.25, 0.3) is 0 Å². The zero-order chi connectivity index (χ0) is 19.7. The van der Waals surface area contributed by atoms with Gasteiger partial charge in [0.1, 0.15) is 6.33 Å². The van der Waals surface area contributed by atoms with Gasteiger partial charge in [0, 0.05) is 11.3 Å². The van der Waals surface area contributed by atoms with Crippen LogP contribution >= 0.6 is 11.8 Å². The molecule has 0 spiro atoms. The number of aryl methyl sites for hydroxylation is 4. The van der Waals surface area contributed by atoms with Crippen molar-refractivity contribution in [1.29, 1.82) is 0 Å². The molecule has 0 atom stereocenters. The predicted molar refractivity (Wildman–Crippen MR) is 111 cm³/mol. The van der Waals surface area contributed by atoms with E-state index in [9.17, 15) is 4.79 Å². The van der Waals surface area contributed by atoms with Gasteiger partial charge >= 0.3 is 0 Å². The highest BCUT2D eigenvalue weighted by Crippen LogP contribution is 2.30. The van der Waals surface area contributed by atoms with E-state index in [-0.39, 0.29) is 5.78 Å². The van der Waals surface area contributed by atoms with Gasteiger partial charge in [-0.1, -0.05) is 35.5 Å². The minimum atomic E-state index is 0.120. The quantitative estimate of drug-likeness (QED) is 0.445. The Bertz CT molecular complexity index is 1020. The Labute approximate surface area is 165 Å². The van der Waals surface area contributed by atoms with Gasteiger partial charge in [-0.05, 0) is 75.4 Å². The molecule has 0 aliphatic heterocycles. The molecular weight excluding hydrogens is 354 g/mol. The second-order valence-electron chi connectivity index (χ2n) is 7.11. The number of thioether (sulfide) groups is 1. The van der Waals surface area contributed by atoms with Crippen molar-refractivity contribution >= 4 is 17.5 Å². The number of hydrogen-bond donors (Lipinski definition) is 0. The number of rotatable bonds is 5. The van der Waals surface area contributed by atoms with Crippen LogP contribution in [0, 0.1) is 34.6 Å². The molecular formula is C22H25N3OS. The number of carbonyl (C=O) groups is 1. The van der Waals surface area contributed by atoms with Gasteiger partial charge < -0.3 is 0 Å². The summed E-state index contributed by atoms with van der Waals surface area (Å²) in [6.45, 7) is 12.0. The first-order valence-electron chi connectivity index (χ1n) is 9.00. The molecule has 0 aliphatic rings. The summed E-state index contributed by atoms with van der Waals surface area (Å²) in [5, 5.41) is 9.28. The van der Waals surface area contributed by atoms with Crippen molar-refractivity contribution in [1.82, 2.24) is 14.8 Å². The van der Waals surface area contributed by atoms with Crippen molar-refractivity contribution in [2.24, 2.45) is 0 Å². The van der Waals surface area contributed by atoms with Crippen molar-refractivity contribution in [3.05, 3.63) is 69.5 Å². The van der Waals surface area contributed by atoms with Crippen LogP contribution in [0.15, 0.2) is 35.7 Å². The standard InChI is InChI=1S/C22H25N3OS/c1-13-7-8-20(15(3)9-13)25-12-23-24-22(25)27-11-19-14(2)10-16(4)21(17(19)5)18(6)26/h7-10,12H,11H2,1-6H3. The summed E-state index contributed by atoms with van der Waals surface area (Å²) in [4.78, 5) is 12.1. The molecule has 5 heteroatoms. The first kappa shape index (κ1) is 19.4. The van der Waals surface area contributed by atoms with E-state index in [0.717, 1.165) is 33.3 Å². The maximum absolute atomic E-state index is 12.1. The third-order valence-electron chi connectivity index (χ3n) is 4.96. The second kappa shape index (κ2) is 7.69. The molecule has 1 aromatic heterocycles. The van der Waals surface area contributed by atoms with Crippen LogP contribution in [0.3, 0.4) is 0 Å². The molecule has 3 rings (SSSR count). The van der Waals surface area contributed by atoms with Crippen LogP contribution in [0.5, 0.6) is 0 Å². The molecule has 1 heterocycles. The zero-order valence-electron chi connectivity index (χ0n) is 16.8. The minimum Gasteiger partial charge on any atom is -0.294 e. The van der Waals surface area contributed by atoms with Crippen molar-refractivity contribution < 1.29 is 4.79 Å². The van der Waals surface area contributed by atoms with E-state index in [2.05, 4.69) is 55.2 Å². The molecule has 0 unspecified atom stereocenters. The van der Waals surface area contributed by atoms with Crippen LogP contribution in [0.25, 0.3) is 5.69 Å². The average Bonchev–Trinajstić information content (AvgIpc) is 3.02. The van der Waals surface area contributed by atoms with E-state index < -0.39 is 0 Å². The first-order valence-corrected chi connectivity index (χ1v) is 9.99. The maximum Gasteiger partial charge on any atom is 0.195 e. The van der Waals surface area contributed by atoms with Gasteiger partial charge in [0.05, 0.1) is 5.69 Å². The Kier molecular flexibility index (Phi) is 5.51. The van der Waals surface area contributed by atoms with E-state index in [0.29, 0.717) is 0 Å². The van der Waals surface area contributed by atoms with Gasteiger partial charge in [-0.25, -0.2) is 0 Å². The number of benzene rings is 2. The molecule has 0 saturated heterocycles. The number of Topliss-reactive ketones (excluding diaryl/α,β-unsaturated/α-hetero) is 1. The fraction of sp³-hybridized carbons (Fsp3) is 0.318. The highest BCUT2D eigenvalue weighted by atomic mass is 32.2. The van der Waals surface area contributed by atoms with Gasteiger partial charge in [0.2, 0.25) is 0 Å². The van der Waals surface area contributed by atoms with E-state index >= 15 is 0 Å². The number of hydrogen-bond acceptors (Lipinski definition) is 4. The summed E-state index contributed by atoms with van der Waals surface area (Å²) in [5.41, 5.74) is 8.89. The fourth-order valence-corrected chi connectivity index (χ4v) is 4.80. The molecule has 2 aromatic carbocycles. The lowest BCUT2D eigenvalue weighted by atomic mass is 9.92. The minimum absolute atomic E-state index is 0.120. The molecule has 0 fully saturated rings. The Morgan fingerprint density at radius 3 is 2.44 bits per heavy atom. The van der Waals surface area contributed by atoms with Gasteiger partial charge in [-0.3, -0.25) is 9.36 Å². The molecule has 0 N–H and O–H groups in total. The van der Waals surface area contributed by atoms with Gasteiger partial charge in [-0.2, -0.15) is 0 Å². The third kappa shape index (κ3) is 3.83. The molecule has 4 nitrogen and oxygen atoms in total. The third-order valence-corrected chi connectivity index (χ3v) is 5.93. The van der Waals surface area contributed by atoms with Crippen molar-refractivity contribution in [2.45, 2.75) is 52.5 Å². The molecule has 0 bridgehead atoms. The summed E-state index contributed by atoms with van der Waals surface area (Å²) in [6, 6.07) is 8.48. The summed E-state index contributed by atoms with van der Waals surface area (Å²) >= 11 is 1.65. The normalized spacial score (nSPS) is 11.0. The summed E-state index contributed by atoms with van der Waals surface area (Å²) in [7, 11) is 0. The molecule has 3 aromatic rings. The van der Waals surface area contributed by atoms with E-state index in [1.165, 1.54) is 22.3 Å². The molecule has 0 aliphatic carbocycles. The summed E-state index contributed by atoms with van der Waals surface area (Å²) in [6.07, 6.45) is 1.76. The van der Waals surface area contributed by atoms with E-state index in [4.69, 9.17) is 0 Å². The topological polar surface area (TPSA) is 47.8 Å². The number of nitrogens with zero attached hydrogens (tertiary/aromatic N) is 3. The lowest BCUT2D eigenvalue weighted by Gasteiger charge is -2.16. The highest BCUT2D eigenvalue weighted by molar-refractivity contribution is 7.98. The van der Waals surface area contributed by atoms with Gasteiger partial charge in [0.15, 0.2) is 10.9 Å². The Morgan fingerprint density at radius 1 is 1.04 bits per heavy atom. The smallest absolute Gasteiger partial charge is 0.195 e. The SMILES string of the molecule is CC(=O)c1c(C)cc(C)c(CSc2nncn2-c2ccc(C)cc2C)c1C. The van der Waals surface area contributed by atoms with Crippen LogP contribution in [0.4, 0.5) is 0 Å². The van der Waals surface area contributed by atoms with Crippen LogP contribution in [-0.2, 0) is 5.75 Å². The Balaban J connectivity index is 1.93. The molecule has 0 saturated carbocycles. The van der Waals surface area contributed by atoms with Crippen LogP contribution in [0.2, 0.25) is 0 Å². The summed E-state index contributed by atoms with van der Waals surface area (Å²) in [5.74, 6) is 0.872. The fourth-order valence-electron chi connectivity index (χ4n) is 3.69. The van der Waals surface area contributed by atoms with Gasteiger partial charge in [-0.15, -0.1) is 10.2 Å². The van der Waals surface area contributed by atoms with Crippen molar-refractivity contribution in [3.63, 3.8) is 0 Å². The Morgan fingerprint density at radius 2 is 1.78 bits per heavy atom. The molecule has 140 valence electrons. The maximum atomic E-state index is 12.1. The van der Waals surface area contributed by atoms with Crippen molar-refractivity contribution in [2.75, 3.05) is 0 Å². The predicted octanol–water partition coefficient (Wildman–Crippen LogP) is 5.30. The van der Waals surface area contributed by atoms with Crippen LogP contribution in [0.1, 0.15) is 50.7 Å². The zero-order valence-corrected chi connectivity index (χ0v) is 17.6. The lowest BCUT2D eigenvalue weighted by Crippen LogP contribution is -2.05.